The molecule has 1 heterocycles. The van der Waals surface area contributed by atoms with Crippen molar-refractivity contribution < 1.29 is 14.4 Å². The first-order valence-corrected chi connectivity index (χ1v) is 8.92. The van der Waals surface area contributed by atoms with Gasteiger partial charge in [0.2, 0.25) is 5.91 Å². The smallest absolute Gasteiger partial charge is 0.325 e. The van der Waals surface area contributed by atoms with E-state index in [4.69, 9.17) is 0 Å². The van der Waals surface area contributed by atoms with Crippen LogP contribution in [0.5, 0.6) is 0 Å². The largest absolute Gasteiger partial charge is 0.355 e. The summed E-state index contributed by atoms with van der Waals surface area (Å²) in [6.07, 6.45) is 7.96. The number of carbonyl (C=O) groups is 3. The molecule has 0 aromatic rings. The van der Waals surface area contributed by atoms with Crippen molar-refractivity contribution >= 4 is 17.8 Å². The SMILES string of the molecule is CCCCCCNC(=O)CN1C(=O)NC2(CCCCC2C)C1=O. The van der Waals surface area contributed by atoms with Crippen molar-refractivity contribution in [2.75, 3.05) is 13.1 Å². The Bertz CT molecular complexity index is 466. The number of amides is 4. The summed E-state index contributed by atoms with van der Waals surface area (Å²) < 4.78 is 0. The van der Waals surface area contributed by atoms with Crippen LogP contribution < -0.4 is 10.6 Å². The third kappa shape index (κ3) is 3.85. The van der Waals surface area contributed by atoms with Crippen molar-refractivity contribution in [3.05, 3.63) is 0 Å². The van der Waals surface area contributed by atoms with Crippen LogP contribution in [0.4, 0.5) is 4.79 Å². The minimum absolute atomic E-state index is 0.120. The van der Waals surface area contributed by atoms with Crippen molar-refractivity contribution in [1.29, 1.82) is 0 Å². The molecule has 6 heteroatoms. The molecule has 2 atom stereocenters. The molecular weight excluding hydrogens is 294 g/mol. The lowest BCUT2D eigenvalue weighted by atomic mass is 9.73. The normalized spacial score (nSPS) is 27.4. The van der Waals surface area contributed by atoms with Crippen molar-refractivity contribution in [3.8, 4) is 0 Å². The van der Waals surface area contributed by atoms with E-state index in [1.54, 1.807) is 0 Å². The Morgan fingerprint density at radius 3 is 2.78 bits per heavy atom. The summed E-state index contributed by atoms with van der Waals surface area (Å²) in [5, 5.41) is 5.66. The standard InChI is InChI=1S/C17H29N3O3/c1-3-4-5-8-11-18-14(21)12-20-15(22)17(19-16(20)23)10-7-6-9-13(17)2/h13H,3-12H2,1-2H3,(H,18,21)(H,19,23). The van der Waals surface area contributed by atoms with Crippen LogP contribution in [0, 0.1) is 5.92 Å². The Balaban J connectivity index is 1.87. The summed E-state index contributed by atoms with van der Waals surface area (Å²) in [4.78, 5) is 38.0. The Hall–Kier alpha value is -1.59. The zero-order valence-electron chi connectivity index (χ0n) is 14.3. The number of hydrogen-bond donors (Lipinski definition) is 2. The highest BCUT2D eigenvalue weighted by molar-refractivity contribution is 6.09. The molecule has 1 spiro atoms. The van der Waals surface area contributed by atoms with Gasteiger partial charge in [-0.15, -0.1) is 0 Å². The fourth-order valence-electron chi connectivity index (χ4n) is 3.62. The van der Waals surface area contributed by atoms with Crippen LogP contribution in [0.3, 0.4) is 0 Å². The lowest BCUT2D eigenvalue weighted by Gasteiger charge is -2.36. The molecule has 1 aliphatic heterocycles. The average molecular weight is 323 g/mol. The molecule has 2 unspecified atom stereocenters. The second-order valence-electron chi connectivity index (χ2n) is 6.85. The van der Waals surface area contributed by atoms with Crippen LogP contribution >= 0.6 is 0 Å². The number of urea groups is 1. The maximum Gasteiger partial charge on any atom is 0.325 e. The molecule has 130 valence electrons. The predicted octanol–water partition coefficient (Wildman–Crippen LogP) is 2.18. The highest BCUT2D eigenvalue weighted by Crippen LogP contribution is 2.38. The molecule has 2 aliphatic rings. The first kappa shape index (κ1) is 17.8. The van der Waals surface area contributed by atoms with E-state index in [9.17, 15) is 14.4 Å². The lowest BCUT2D eigenvalue weighted by Crippen LogP contribution is -2.54. The number of hydrogen-bond acceptors (Lipinski definition) is 3. The van der Waals surface area contributed by atoms with Gasteiger partial charge in [0.1, 0.15) is 12.1 Å². The predicted molar refractivity (Wildman–Crippen MR) is 87.8 cm³/mol. The van der Waals surface area contributed by atoms with Gasteiger partial charge < -0.3 is 10.6 Å². The summed E-state index contributed by atoms with van der Waals surface area (Å²) >= 11 is 0. The molecule has 1 saturated carbocycles. The summed E-state index contributed by atoms with van der Waals surface area (Å²) in [7, 11) is 0. The monoisotopic (exact) mass is 323 g/mol. The van der Waals surface area contributed by atoms with E-state index in [-0.39, 0.29) is 24.3 Å². The highest BCUT2D eigenvalue weighted by atomic mass is 16.2. The Morgan fingerprint density at radius 1 is 1.30 bits per heavy atom. The van der Waals surface area contributed by atoms with Crippen LogP contribution in [0.2, 0.25) is 0 Å². The fourth-order valence-corrected chi connectivity index (χ4v) is 3.62. The van der Waals surface area contributed by atoms with Crippen LogP contribution in [0.1, 0.15) is 65.2 Å². The van der Waals surface area contributed by atoms with E-state index < -0.39 is 11.6 Å². The first-order valence-electron chi connectivity index (χ1n) is 8.92. The van der Waals surface area contributed by atoms with Crippen LogP contribution in [-0.4, -0.2) is 41.4 Å². The average Bonchev–Trinajstić information content (AvgIpc) is 2.75. The maximum absolute atomic E-state index is 12.7. The molecule has 6 nitrogen and oxygen atoms in total. The molecule has 1 saturated heterocycles. The van der Waals surface area contributed by atoms with Crippen molar-refractivity contribution in [2.24, 2.45) is 5.92 Å². The first-order chi connectivity index (χ1) is 11.0. The third-order valence-electron chi connectivity index (χ3n) is 5.16. The third-order valence-corrected chi connectivity index (χ3v) is 5.16. The summed E-state index contributed by atoms with van der Waals surface area (Å²) in [5.41, 5.74) is -0.781. The van der Waals surface area contributed by atoms with Gasteiger partial charge in [0.05, 0.1) is 0 Å². The second-order valence-corrected chi connectivity index (χ2v) is 6.85. The number of carbonyl (C=O) groups excluding carboxylic acids is 3. The molecule has 0 bridgehead atoms. The van der Waals surface area contributed by atoms with E-state index >= 15 is 0 Å². The molecule has 0 aromatic carbocycles. The van der Waals surface area contributed by atoms with Crippen LogP contribution in [0.15, 0.2) is 0 Å². The molecule has 0 aromatic heterocycles. The topological polar surface area (TPSA) is 78.5 Å². The zero-order valence-corrected chi connectivity index (χ0v) is 14.3. The molecular formula is C17H29N3O3. The van der Waals surface area contributed by atoms with Crippen molar-refractivity contribution in [3.63, 3.8) is 0 Å². The second kappa shape index (κ2) is 7.79. The Morgan fingerprint density at radius 2 is 2.09 bits per heavy atom. The van der Waals surface area contributed by atoms with Crippen LogP contribution in [0.25, 0.3) is 0 Å². The lowest BCUT2D eigenvalue weighted by molar-refractivity contribution is -0.137. The van der Waals surface area contributed by atoms with Gasteiger partial charge in [0.25, 0.3) is 5.91 Å². The Labute approximate surface area is 138 Å². The van der Waals surface area contributed by atoms with Gasteiger partial charge in [0.15, 0.2) is 0 Å². The van der Waals surface area contributed by atoms with E-state index in [0.29, 0.717) is 13.0 Å². The number of nitrogens with zero attached hydrogens (tertiary/aromatic N) is 1. The van der Waals surface area contributed by atoms with Gasteiger partial charge in [-0.05, 0) is 25.2 Å². The van der Waals surface area contributed by atoms with Crippen molar-refractivity contribution in [1.82, 2.24) is 15.5 Å². The Kier molecular flexibility index (Phi) is 6.02. The fraction of sp³-hybridized carbons (Fsp3) is 0.824. The summed E-state index contributed by atoms with van der Waals surface area (Å²) in [6.45, 7) is 4.57. The number of nitrogens with one attached hydrogen (secondary N) is 2. The van der Waals surface area contributed by atoms with Gasteiger partial charge in [-0.2, -0.15) is 0 Å². The van der Waals surface area contributed by atoms with E-state index in [0.717, 1.165) is 49.8 Å². The summed E-state index contributed by atoms with van der Waals surface area (Å²) in [6, 6.07) is -0.426. The maximum atomic E-state index is 12.7. The molecule has 1 aliphatic carbocycles. The molecule has 2 N–H and O–H groups in total. The van der Waals surface area contributed by atoms with Gasteiger partial charge in [-0.1, -0.05) is 46.0 Å². The van der Waals surface area contributed by atoms with Gasteiger partial charge in [-0.25, -0.2) is 4.79 Å². The highest BCUT2D eigenvalue weighted by Gasteiger charge is 2.55. The van der Waals surface area contributed by atoms with Gasteiger partial charge >= 0.3 is 6.03 Å². The molecule has 2 rings (SSSR count). The van der Waals surface area contributed by atoms with E-state index in [1.165, 1.54) is 0 Å². The number of unbranched alkanes of at least 4 members (excludes halogenated alkanes) is 3. The number of imide groups is 1. The molecule has 2 fully saturated rings. The summed E-state index contributed by atoms with van der Waals surface area (Å²) in [5.74, 6) is -0.365. The minimum atomic E-state index is -0.781. The van der Waals surface area contributed by atoms with E-state index in [2.05, 4.69) is 17.6 Å². The molecule has 4 amide bonds. The minimum Gasteiger partial charge on any atom is -0.355 e. The molecule has 0 radical (unpaired) electrons. The van der Waals surface area contributed by atoms with E-state index in [1.807, 2.05) is 6.92 Å². The van der Waals surface area contributed by atoms with Gasteiger partial charge in [0, 0.05) is 6.54 Å². The van der Waals surface area contributed by atoms with Crippen LogP contribution in [-0.2, 0) is 9.59 Å². The van der Waals surface area contributed by atoms with Crippen molar-refractivity contribution in [2.45, 2.75) is 70.8 Å². The zero-order chi connectivity index (χ0) is 16.9. The van der Waals surface area contributed by atoms with Gasteiger partial charge in [-0.3, -0.25) is 14.5 Å². The quantitative estimate of drug-likeness (QED) is 0.557. The molecule has 23 heavy (non-hydrogen) atoms. The number of rotatable bonds is 7.